The molecule has 7 heteroatoms. The van der Waals surface area contributed by atoms with Crippen molar-refractivity contribution < 1.29 is 17.9 Å². The molecule has 18 heavy (non-hydrogen) atoms. The Kier molecular flexibility index (Phi) is 8.13. The van der Waals surface area contributed by atoms with Gasteiger partial charge in [0.15, 0.2) is 0 Å². The second kappa shape index (κ2) is 8.44. The van der Waals surface area contributed by atoms with Gasteiger partial charge in [-0.05, 0) is 19.8 Å². The number of ether oxygens (including phenoxy) is 1. The number of hydrogen-bond acceptors (Lipinski definition) is 4. The molecule has 0 unspecified atom stereocenters. The van der Waals surface area contributed by atoms with Crippen molar-refractivity contribution in [2.24, 2.45) is 0 Å². The van der Waals surface area contributed by atoms with Crippen molar-refractivity contribution in [2.45, 2.75) is 33.6 Å². The number of hydrogen-bond donors (Lipinski definition) is 0. The number of nitrogens with zero attached hydrogens (tertiary/aromatic N) is 2. The smallest absolute Gasteiger partial charge is 0.321 e. The first-order valence-corrected chi connectivity index (χ1v) is 7.66. The summed E-state index contributed by atoms with van der Waals surface area (Å²) in [5.41, 5.74) is 0. The molecule has 0 rings (SSSR count). The van der Waals surface area contributed by atoms with Crippen molar-refractivity contribution in [1.82, 2.24) is 8.61 Å². The summed E-state index contributed by atoms with van der Waals surface area (Å²) in [5.74, 6) is -0.531. The van der Waals surface area contributed by atoms with Crippen molar-refractivity contribution in [2.75, 3.05) is 33.3 Å². The molecule has 0 radical (unpaired) electrons. The van der Waals surface area contributed by atoms with Crippen LogP contribution in [0.5, 0.6) is 0 Å². The third-order valence-electron chi connectivity index (χ3n) is 2.32. The lowest BCUT2D eigenvalue weighted by atomic mass is 10.4. The first kappa shape index (κ1) is 17.3. The van der Waals surface area contributed by atoms with Crippen LogP contribution < -0.4 is 0 Å². The molecular formula is C11H24N2O4S. The molecule has 0 aromatic heterocycles. The summed E-state index contributed by atoms with van der Waals surface area (Å²) in [5, 5.41) is 0. The van der Waals surface area contributed by atoms with Crippen LogP contribution in [0.2, 0.25) is 0 Å². The van der Waals surface area contributed by atoms with Gasteiger partial charge in [-0.25, -0.2) is 0 Å². The molecule has 0 fully saturated rings. The van der Waals surface area contributed by atoms with E-state index in [4.69, 9.17) is 4.74 Å². The van der Waals surface area contributed by atoms with Gasteiger partial charge in [-0.2, -0.15) is 17.0 Å². The molecule has 6 nitrogen and oxygen atoms in total. The zero-order valence-corrected chi connectivity index (χ0v) is 12.5. The molecule has 0 aliphatic rings. The summed E-state index contributed by atoms with van der Waals surface area (Å²) in [6, 6.07) is 0. The quantitative estimate of drug-likeness (QED) is 0.587. The molecule has 0 saturated heterocycles. The highest BCUT2D eigenvalue weighted by Gasteiger charge is 2.27. The molecule has 0 saturated carbocycles. The zero-order valence-electron chi connectivity index (χ0n) is 11.7. The molecule has 0 aromatic carbocycles. The number of carbonyl (C=O) groups is 1. The summed E-state index contributed by atoms with van der Waals surface area (Å²) < 4.78 is 31.6. The molecule has 0 aliphatic heterocycles. The Balaban J connectivity index is 4.70. The fourth-order valence-corrected chi connectivity index (χ4v) is 3.00. The monoisotopic (exact) mass is 280 g/mol. The molecule has 0 heterocycles. The average Bonchev–Trinajstić information content (AvgIpc) is 2.28. The van der Waals surface area contributed by atoms with E-state index in [0.29, 0.717) is 13.1 Å². The molecule has 0 aliphatic carbocycles. The van der Waals surface area contributed by atoms with Crippen LogP contribution in [0.3, 0.4) is 0 Å². The zero-order chi connectivity index (χ0) is 14.2. The number of rotatable bonds is 9. The third kappa shape index (κ3) is 5.32. The van der Waals surface area contributed by atoms with E-state index in [1.54, 1.807) is 6.92 Å². The molecular weight excluding hydrogens is 256 g/mol. The van der Waals surface area contributed by atoms with Gasteiger partial charge in [0, 0.05) is 20.1 Å². The molecule has 0 aromatic rings. The van der Waals surface area contributed by atoms with E-state index < -0.39 is 16.2 Å². The van der Waals surface area contributed by atoms with Gasteiger partial charge in [0.2, 0.25) is 0 Å². The van der Waals surface area contributed by atoms with Crippen LogP contribution in [0, 0.1) is 0 Å². The first-order chi connectivity index (χ1) is 8.39. The van der Waals surface area contributed by atoms with Crippen LogP contribution in [0.1, 0.15) is 33.6 Å². The summed E-state index contributed by atoms with van der Waals surface area (Å²) in [7, 11) is -2.18. The van der Waals surface area contributed by atoms with E-state index in [9.17, 15) is 13.2 Å². The molecule has 0 atom stereocenters. The van der Waals surface area contributed by atoms with Gasteiger partial charge in [-0.3, -0.25) is 4.79 Å². The minimum absolute atomic E-state index is 0.250. The van der Waals surface area contributed by atoms with Crippen molar-refractivity contribution in [1.29, 1.82) is 0 Å². The first-order valence-electron chi connectivity index (χ1n) is 6.27. The maximum absolute atomic E-state index is 12.2. The highest BCUT2D eigenvalue weighted by atomic mass is 32.2. The second-order valence-corrected chi connectivity index (χ2v) is 6.00. The van der Waals surface area contributed by atoms with Gasteiger partial charge in [0.1, 0.15) is 6.54 Å². The minimum Gasteiger partial charge on any atom is -0.465 e. The summed E-state index contributed by atoms with van der Waals surface area (Å²) >= 11 is 0. The molecule has 0 bridgehead atoms. The van der Waals surface area contributed by atoms with Crippen LogP contribution in [-0.4, -0.2) is 56.3 Å². The maximum Gasteiger partial charge on any atom is 0.321 e. The molecule has 108 valence electrons. The highest BCUT2D eigenvalue weighted by Crippen LogP contribution is 2.08. The van der Waals surface area contributed by atoms with Gasteiger partial charge in [0.05, 0.1) is 6.61 Å². The number of carbonyl (C=O) groups excluding carboxylic acids is 1. The van der Waals surface area contributed by atoms with E-state index in [-0.39, 0.29) is 13.2 Å². The van der Waals surface area contributed by atoms with Crippen LogP contribution in [0.4, 0.5) is 0 Å². The summed E-state index contributed by atoms with van der Waals surface area (Å²) in [6.07, 6.45) is 1.49. The van der Waals surface area contributed by atoms with Gasteiger partial charge in [0.25, 0.3) is 10.2 Å². The topological polar surface area (TPSA) is 66.9 Å². The average molecular weight is 280 g/mol. The minimum atomic E-state index is -3.57. The van der Waals surface area contributed by atoms with Crippen molar-refractivity contribution >= 4 is 16.2 Å². The number of esters is 1. The SMILES string of the molecule is CCCN(CCC)S(=O)(=O)N(C)CC(=O)OCC. The fraction of sp³-hybridized carbons (Fsp3) is 0.909. The summed E-state index contributed by atoms with van der Waals surface area (Å²) in [4.78, 5) is 11.3. The Labute approximate surface area is 110 Å². The van der Waals surface area contributed by atoms with Gasteiger partial charge >= 0.3 is 5.97 Å². The van der Waals surface area contributed by atoms with E-state index in [1.165, 1.54) is 11.4 Å². The third-order valence-corrected chi connectivity index (χ3v) is 4.26. The lowest BCUT2D eigenvalue weighted by Gasteiger charge is -2.26. The van der Waals surface area contributed by atoms with Crippen molar-refractivity contribution in [3.63, 3.8) is 0 Å². The van der Waals surface area contributed by atoms with Crippen LogP contribution >= 0.6 is 0 Å². The second-order valence-electron chi connectivity index (χ2n) is 3.97. The highest BCUT2D eigenvalue weighted by molar-refractivity contribution is 7.86. The van der Waals surface area contributed by atoms with E-state index in [0.717, 1.165) is 17.1 Å². The van der Waals surface area contributed by atoms with E-state index in [2.05, 4.69) is 0 Å². The molecule has 0 amide bonds. The van der Waals surface area contributed by atoms with E-state index in [1.807, 2.05) is 13.8 Å². The van der Waals surface area contributed by atoms with E-state index >= 15 is 0 Å². The van der Waals surface area contributed by atoms with Gasteiger partial charge in [-0.1, -0.05) is 13.8 Å². The largest absolute Gasteiger partial charge is 0.465 e. The summed E-state index contributed by atoms with van der Waals surface area (Å²) in [6.45, 7) is 6.45. The standard InChI is InChI=1S/C11H24N2O4S/c1-5-8-13(9-6-2)18(15,16)12(4)10-11(14)17-7-3/h5-10H2,1-4H3. The van der Waals surface area contributed by atoms with Crippen LogP contribution in [-0.2, 0) is 19.7 Å². The number of likely N-dealkylation sites (N-methyl/N-ethyl adjacent to an activating group) is 1. The normalized spacial score (nSPS) is 12.1. The van der Waals surface area contributed by atoms with Crippen LogP contribution in [0.15, 0.2) is 0 Å². The Hall–Kier alpha value is -0.660. The Morgan fingerprint density at radius 2 is 1.61 bits per heavy atom. The predicted molar refractivity (Wildman–Crippen MR) is 70.3 cm³/mol. The lowest BCUT2D eigenvalue weighted by Crippen LogP contribution is -2.44. The van der Waals surface area contributed by atoms with Crippen molar-refractivity contribution in [3.05, 3.63) is 0 Å². The lowest BCUT2D eigenvalue weighted by molar-refractivity contribution is -0.143. The Morgan fingerprint density at radius 3 is 2.00 bits per heavy atom. The predicted octanol–water partition coefficient (Wildman–Crippen LogP) is 0.848. The van der Waals surface area contributed by atoms with Gasteiger partial charge in [-0.15, -0.1) is 0 Å². The molecule has 0 N–H and O–H groups in total. The van der Waals surface area contributed by atoms with Crippen LogP contribution in [0.25, 0.3) is 0 Å². The molecule has 0 spiro atoms. The van der Waals surface area contributed by atoms with Gasteiger partial charge < -0.3 is 4.74 Å². The Bertz CT molecular complexity index is 337. The Morgan fingerprint density at radius 1 is 1.11 bits per heavy atom. The maximum atomic E-state index is 12.2. The van der Waals surface area contributed by atoms with Crippen molar-refractivity contribution in [3.8, 4) is 0 Å². The fourth-order valence-electron chi connectivity index (χ4n) is 1.51.